The van der Waals surface area contributed by atoms with E-state index in [9.17, 15) is 37.8 Å². The van der Waals surface area contributed by atoms with Crippen LogP contribution >= 0.6 is 0 Å². The lowest BCUT2D eigenvalue weighted by Gasteiger charge is -2.43. The van der Waals surface area contributed by atoms with Gasteiger partial charge in [0.15, 0.2) is 15.9 Å². The number of aliphatic hydroxyl groups excluding tert-OH is 1. The van der Waals surface area contributed by atoms with Crippen molar-refractivity contribution in [2.24, 2.45) is 5.92 Å². The number of nitrogens with one attached hydrogen (secondary N) is 3. The number of methoxy groups -OCH3 is 2. The van der Waals surface area contributed by atoms with Gasteiger partial charge in [-0.05, 0) is 203 Å². The first-order chi connectivity index (χ1) is 62.4. The number of piperidine rings is 1. The standard InChI is InChI=1S/C35H36F2N6O5.C33H35N5O5S.C30H30N4O2/c1-46-31-15-22(2-4-29(31)42-12-10-41(11-13-42)25-19-47-20-25)28-16-26-27(40-28)6-8-39-34(26)23-3-5-30(24(14-23)17-38)48-32-7-9-43(33(45)18-44)21-35(32,36)37;1-41-32-17-22(2-4-30(32)38-12-10-37(11-13-38)25-20-42-21-25)29-18-27-28(36-29)6-9-35-33(27)23-3-5-31(24(16-23)19-34)43-26-7-14-44(39,40)15-8-26;31-19-24-17-23(7-10-29(24)36-20-21-3-4-21)30-26-18-28(33-27(26)11-12-32-30)22-5-8-25(9-6-22)35-16-15-34-13-1-2-14-34/h2-6,8,14-16,25,32,40,44H,7,9-13,18-21H2,1H3;2-6,9,16-18,25-26,36H,7-8,10-15,20-21H2,1H3;5-12,17-18,21,33H,1-4,13-16,20H2. The number of aromatic nitrogens is 6. The number of rotatable bonds is 24. The largest absolute Gasteiger partial charge is 0.495 e. The lowest BCUT2D eigenvalue weighted by molar-refractivity contribution is -0.161. The molecular formula is C98H101F2N15O12S. The van der Waals surface area contributed by atoms with E-state index < -0.39 is 40.9 Å². The number of nitriles is 3. The molecule has 0 spiro atoms. The molecule has 7 saturated heterocycles. The average molecular weight is 1750 g/mol. The van der Waals surface area contributed by atoms with Crippen LogP contribution in [0.1, 0.15) is 61.6 Å². The zero-order valence-corrected chi connectivity index (χ0v) is 72.3. The Hall–Kier alpha value is -12.7. The summed E-state index contributed by atoms with van der Waals surface area (Å²) in [4.78, 5) is 49.4. The summed E-state index contributed by atoms with van der Waals surface area (Å²) in [7, 11) is 0.406. The van der Waals surface area contributed by atoms with Crippen molar-refractivity contribution in [2.45, 2.75) is 75.2 Å². The number of H-pyrrole nitrogens is 3. The second kappa shape index (κ2) is 38.1. The second-order valence-corrected chi connectivity index (χ2v) is 36.2. The molecule has 660 valence electrons. The first-order valence-corrected chi connectivity index (χ1v) is 45.7. The maximum Gasteiger partial charge on any atom is 0.301 e. The van der Waals surface area contributed by atoms with Gasteiger partial charge in [-0.25, -0.2) is 17.2 Å². The van der Waals surface area contributed by atoms with Crippen molar-refractivity contribution in [3.8, 4) is 120 Å². The zero-order chi connectivity index (χ0) is 88.0. The summed E-state index contributed by atoms with van der Waals surface area (Å²) in [5, 5.41) is 41.4. The van der Waals surface area contributed by atoms with Crippen LogP contribution in [-0.4, -0.2) is 256 Å². The fourth-order valence-electron chi connectivity index (χ4n) is 17.9. The highest BCUT2D eigenvalue weighted by molar-refractivity contribution is 7.91. The van der Waals surface area contributed by atoms with Crippen molar-refractivity contribution in [3.63, 3.8) is 0 Å². The molecule has 1 amide bonds. The van der Waals surface area contributed by atoms with Crippen LogP contribution in [-0.2, 0) is 24.1 Å². The molecule has 1 saturated carbocycles. The fourth-order valence-corrected chi connectivity index (χ4v) is 19.3. The first kappa shape index (κ1) is 86.1. The van der Waals surface area contributed by atoms with Crippen LogP contribution in [0.2, 0.25) is 0 Å². The molecule has 1 atom stereocenters. The Morgan fingerprint density at radius 3 is 1.39 bits per heavy atom. The van der Waals surface area contributed by atoms with E-state index in [0.29, 0.717) is 71.3 Å². The number of fused-ring (bicyclic) bond motifs is 3. The van der Waals surface area contributed by atoms with Crippen LogP contribution in [0, 0.1) is 39.9 Å². The van der Waals surface area contributed by atoms with Gasteiger partial charge in [0, 0.05) is 168 Å². The Bertz CT molecular complexity index is 6280. The Kier molecular flexibility index (Phi) is 25.6. The average Bonchev–Trinajstić information content (AvgIpc) is 1.61. The van der Waals surface area contributed by atoms with Crippen LogP contribution in [0.5, 0.6) is 34.5 Å². The van der Waals surface area contributed by atoms with Crippen LogP contribution in [0.3, 0.4) is 0 Å². The number of carbonyl (C=O) groups is 1. The van der Waals surface area contributed by atoms with Crippen LogP contribution in [0.4, 0.5) is 20.2 Å². The monoisotopic (exact) mass is 1750 g/mol. The maximum absolute atomic E-state index is 14.9. The highest BCUT2D eigenvalue weighted by Crippen LogP contribution is 2.43. The highest BCUT2D eigenvalue weighted by atomic mass is 32.2. The van der Waals surface area contributed by atoms with E-state index >= 15 is 0 Å². The maximum atomic E-state index is 14.9. The highest BCUT2D eigenvalue weighted by Gasteiger charge is 2.48. The molecule has 8 fully saturated rings. The minimum absolute atomic E-state index is 0.0174. The molecule has 4 N–H and O–H groups in total. The number of carbonyl (C=O) groups excluding carboxylic acids is 1. The fraction of sp³-hybridized carbons (Fsp3) is 0.378. The number of sulfone groups is 1. The van der Waals surface area contributed by atoms with Gasteiger partial charge in [-0.2, -0.15) is 15.8 Å². The summed E-state index contributed by atoms with van der Waals surface area (Å²) < 4.78 is 99.4. The molecule has 27 nitrogen and oxygen atoms in total. The van der Waals surface area contributed by atoms with Gasteiger partial charge in [-0.1, -0.05) is 12.1 Å². The molecule has 7 aliphatic heterocycles. The van der Waals surface area contributed by atoms with E-state index in [4.69, 9.17) is 43.0 Å². The van der Waals surface area contributed by atoms with Crippen molar-refractivity contribution < 1.29 is 65.0 Å². The minimum Gasteiger partial charge on any atom is -0.495 e. The molecule has 128 heavy (non-hydrogen) atoms. The van der Waals surface area contributed by atoms with Crippen molar-refractivity contribution in [1.82, 2.24) is 49.5 Å². The summed E-state index contributed by atoms with van der Waals surface area (Å²) in [6.45, 7) is 14.1. The predicted octanol–water partition coefficient (Wildman–Crippen LogP) is 14.2. The topological polar surface area (TPSA) is 322 Å². The van der Waals surface area contributed by atoms with E-state index in [1.54, 1.807) is 57.1 Å². The van der Waals surface area contributed by atoms with Gasteiger partial charge in [-0.3, -0.25) is 34.4 Å². The number of aromatic amines is 3. The first-order valence-electron chi connectivity index (χ1n) is 43.9. The normalized spacial score (nSPS) is 18.6. The quantitative estimate of drug-likeness (QED) is 0.0437. The summed E-state index contributed by atoms with van der Waals surface area (Å²) in [5.41, 5.74) is 16.4. The number of piperazine rings is 2. The molecule has 20 rings (SSSR count). The molecule has 6 aromatic carbocycles. The Morgan fingerprint density at radius 2 is 0.953 bits per heavy atom. The number of halogens is 2. The van der Waals surface area contributed by atoms with Crippen molar-refractivity contribution >= 4 is 59.8 Å². The summed E-state index contributed by atoms with van der Waals surface area (Å²) in [5.74, 6) is 0.412. The minimum atomic E-state index is -3.36. The van der Waals surface area contributed by atoms with E-state index in [0.717, 1.165) is 214 Å². The molecular weight excluding hydrogens is 1650 g/mol. The van der Waals surface area contributed by atoms with E-state index in [-0.39, 0.29) is 41.9 Å². The van der Waals surface area contributed by atoms with Gasteiger partial charge in [0.2, 0.25) is 5.91 Å². The molecule has 12 aromatic rings. The molecule has 8 aliphatic rings. The zero-order valence-electron chi connectivity index (χ0n) is 71.5. The molecule has 30 heteroatoms. The third-order valence-corrected chi connectivity index (χ3v) is 27.3. The van der Waals surface area contributed by atoms with Crippen molar-refractivity contribution in [1.29, 1.82) is 15.8 Å². The SMILES string of the molecule is COc1cc(-c2cc3c(-c4ccc(OC5CCN(C(=O)CO)CC5(F)F)c(C#N)c4)nccc3[nH]2)ccc1N1CCN(C2COC2)CC1.COc1cc(-c2cc3c(-c4ccc(OC5CCS(=O)(=O)CC5)c(C#N)c4)nccc3[nH]2)ccc1N1CCN(C2COC2)CC1.N#Cc1cc(-c2nccc3[nH]c(-c4ccc(OCCN5CCCC5)cc4)cc23)ccc1OCC1CC1. The summed E-state index contributed by atoms with van der Waals surface area (Å²) >= 11 is 0. The molecule has 6 aromatic heterocycles. The number of nitrogens with zero attached hydrogens (tertiary/aromatic N) is 12. The predicted molar refractivity (Wildman–Crippen MR) is 484 cm³/mol. The number of pyridine rings is 3. The van der Waals surface area contributed by atoms with Crippen molar-refractivity contribution in [2.75, 3.05) is 167 Å². The third-order valence-electron chi connectivity index (χ3n) is 25.6. The molecule has 1 aliphatic carbocycles. The Balaban J connectivity index is 0.000000131. The van der Waals surface area contributed by atoms with Crippen LogP contribution < -0.4 is 38.2 Å². The lowest BCUT2D eigenvalue weighted by Crippen LogP contribution is -2.56. The number of alkyl halides is 2. The van der Waals surface area contributed by atoms with Gasteiger partial charge in [-0.15, -0.1) is 0 Å². The number of anilines is 2. The molecule has 13 heterocycles. The van der Waals surface area contributed by atoms with E-state index in [1.807, 2.05) is 66.7 Å². The number of amides is 1. The Morgan fingerprint density at radius 1 is 0.508 bits per heavy atom. The molecule has 0 bridgehead atoms. The lowest BCUT2D eigenvalue weighted by atomic mass is 10.0. The number of ether oxygens (including phenoxy) is 8. The van der Waals surface area contributed by atoms with E-state index in [1.165, 1.54) is 44.8 Å². The number of hydrogen-bond donors (Lipinski definition) is 4. The van der Waals surface area contributed by atoms with Crippen LogP contribution in [0.25, 0.3) is 100 Å². The Labute approximate surface area is 741 Å². The van der Waals surface area contributed by atoms with Gasteiger partial charge < -0.3 is 72.7 Å². The van der Waals surface area contributed by atoms with Gasteiger partial charge >= 0.3 is 5.92 Å². The van der Waals surface area contributed by atoms with E-state index in [2.05, 4.69) is 127 Å². The number of likely N-dealkylation sites (tertiary alicyclic amines) is 2. The molecule has 1 unspecified atom stereocenters. The third kappa shape index (κ3) is 19.1. The van der Waals surface area contributed by atoms with Crippen molar-refractivity contribution in [3.05, 3.63) is 187 Å². The van der Waals surface area contributed by atoms with Gasteiger partial charge in [0.05, 0.1) is 123 Å². The van der Waals surface area contributed by atoms with Gasteiger partial charge in [0.1, 0.15) is 72.0 Å². The molecule has 0 radical (unpaired) electrons. The smallest absolute Gasteiger partial charge is 0.301 e. The summed E-state index contributed by atoms with van der Waals surface area (Å²) in [6, 6.07) is 56.5. The summed E-state index contributed by atoms with van der Waals surface area (Å²) in [6.07, 6.45) is 9.25. The number of hydrogen-bond acceptors (Lipinski definition) is 23. The number of benzene rings is 6. The number of aliphatic hydroxyl groups is 1. The van der Waals surface area contributed by atoms with Gasteiger partial charge in [0.25, 0.3) is 0 Å². The van der Waals surface area contributed by atoms with Crippen LogP contribution in [0.15, 0.2) is 170 Å². The second-order valence-electron chi connectivity index (χ2n) is 33.9.